The minimum absolute atomic E-state index is 0.135. The Morgan fingerprint density at radius 1 is 1.00 bits per heavy atom. The van der Waals surface area contributed by atoms with Crippen LogP contribution in [0.15, 0.2) is 64.2 Å². The topological polar surface area (TPSA) is 60.9 Å². The van der Waals surface area contributed by atoms with Crippen LogP contribution in [0.2, 0.25) is 0 Å². The number of nitrogens with zero attached hydrogens (tertiary/aromatic N) is 3. The molecule has 2 heterocycles. The minimum atomic E-state index is -3.61. The number of likely N-dealkylation sites (N-methyl/N-ethyl adjacent to an activating group) is 1. The molecule has 0 bridgehead atoms. The Hall–Kier alpha value is -2.26. The van der Waals surface area contributed by atoms with E-state index in [9.17, 15) is 13.2 Å². The van der Waals surface area contributed by atoms with Gasteiger partial charge in [-0.05, 0) is 27.8 Å². The summed E-state index contributed by atoms with van der Waals surface area (Å²) in [4.78, 5) is 16.8. The molecule has 0 atom stereocenters. The smallest absolute Gasteiger partial charge is 0.252 e. The molecule has 0 radical (unpaired) electrons. The van der Waals surface area contributed by atoms with Crippen LogP contribution < -0.4 is 0 Å². The lowest BCUT2D eigenvalue weighted by atomic mass is 10.0. The summed E-state index contributed by atoms with van der Waals surface area (Å²) in [5.41, 5.74) is 1.29. The van der Waals surface area contributed by atoms with E-state index in [0.717, 1.165) is 35.3 Å². The van der Waals surface area contributed by atoms with Gasteiger partial charge in [-0.25, -0.2) is 8.42 Å². The van der Waals surface area contributed by atoms with E-state index in [1.165, 1.54) is 23.4 Å². The van der Waals surface area contributed by atoms with Crippen LogP contribution in [-0.4, -0.2) is 68.2 Å². The zero-order chi connectivity index (χ0) is 21.1. The van der Waals surface area contributed by atoms with Gasteiger partial charge in [0.05, 0.1) is 6.54 Å². The zero-order valence-electron chi connectivity index (χ0n) is 16.9. The van der Waals surface area contributed by atoms with Crippen molar-refractivity contribution < 1.29 is 13.2 Å². The highest BCUT2D eigenvalue weighted by Gasteiger charge is 2.27. The molecule has 1 aromatic heterocycles. The Labute approximate surface area is 181 Å². The Morgan fingerprint density at radius 3 is 2.47 bits per heavy atom. The van der Waals surface area contributed by atoms with Crippen LogP contribution in [0.3, 0.4) is 0 Å². The first-order chi connectivity index (χ1) is 14.4. The van der Waals surface area contributed by atoms with Gasteiger partial charge in [0, 0.05) is 39.8 Å². The van der Waals surface area contributed by atoms with Gasteiger partial charge in [0.2, 0.25) is 5.91 Å². The summed E-state index contributed by atoms with van der Waals surface area (Å²) in [6.07, 6.45) is 0. The lowest BCUT2D eigenvalue weighted by Crippen LogP contribution is -2.51. The van der Waals surface area contributed by atoms with Crippen LogP contribution in [0.1, 0.15) is 5.56 Å². The number of benzene rings is 2. The van der Waals surface area contributed by atoms with Crippen LogP contribution in [0.4, 0.5) is 0 Å². The second-order valence-corrected chi connectivity index (χ2v) is 10.7. The number of hydrogen-bond donors (Lipinski definition) is 0. The lowest BCUT2D eigenvalue weighted by molar-refractivity contribution is -0.133. The second kappa shape index (κ2) is 8.85. The summed E-state index contributed by atoms with van der Waals surface area (Å²) in [5, 5.41) is 4.22. The molecular weight excluding hydrogens is 418 g/mol. The van der Waals surface area contributed by atoms with Crippen LogP contribution in [0.25, 0.3) is 10.8 Å². The molecule has 0 saturated carbocycles. The van der Waals surface area contributed by atoms with Gasteiger partial charge < -0.3 is 4.90 Å². The van der Waals surface area contributed by atoms with Crippen molar-refractivity contribution in [3.8, 4) is 0 Å². The summed E-state index contributed by atoms with van der Waals surface area (Å²) in [6, 6.07) is 18.0. The van der Waals surface area contributed by atoms with Crippen molar-refractivity contribution in [2.24, 2.45) is 0 Å². The summed E-state index contributed by atoms with van der Waals surface area (Å²) in [5.74, 6) is -0.151. The maximum Gasteiger partial charge on any atom is 0.252 e. The van der Waals surface area contributed by atoms with Gasteiger partial charge in [0.15, 0.2) is 0 Å². The van der Waals surface area contributed by atoms with Crippen molar-refractivity contribution >= 4 is 38.0 Å². The molecule has 0 spiro atoms. The molecule has 30 heavy (non-hydrogen) atoms. The van der Waals surface area contributed by atoms with E-state index in [1.54, 1.807) is 22.4 Å². The first kappa shape index (κ1) is 21.0. The molecular formula is C22H25N3O3S2. The monoisotopic (exact) mass is 443 g/mol. The van der Waals surface area contributed by atoms with Crippen LogP contribution in [-0.2, 0) is 21.4 Å². The number of carbonyl (C=O) groups is 1. The molecule has 1 aliphatic rings. The molecule has 0 N–H and O–H groups in total. The van der Waals surface area contributed by atoms with Gasteiger partial charge in [-0.15, -0.1) is 11.3 Å². The largest absolute Gasteiger partial charge is 0.339 e. The molecule has 0 aliphatic carbocycles. The van der Waals surface area contributed by atoms with Gasteiger partial charge >= 0.3 is 0 Å². The molecule has 2 aromatic carbocycles. The predicted octanol–water partition coefficient (Wildman–Crippen LogP) is 2.87. The van der Waals surface area contributed by atoms with Crippen molar-refractivity contribution in [3.63, 3.8) is 0 Å². The third-order valence-corrected chi connectivity index (χ3v) is 8.69. The number of rotatable bonds is 6. The molecule has 1 aliphatic heterocycles. The fourth-order valence-electron chi connectivity index (χ4n) is 3.77. The molecule has 1 saturated heterocycles. The number of carbonyl (C=O) groups excluding carboxylic acids is 1. The maximum atomic E-state index is 12.7. The quantitative estimate of drug-likeness (QED) is 0.588. The average Bonchev–Trinajstić information content (AvgIpc) is 3.30. The SMILES string of the molecule is CN(CC(=O)N1CCN(Cc2cccc3ccccc23)CC1)S(=O)(=O)c1cccs1. The minimum Gasteiger partial charge on any atom is -0.339 e. The van der Waals surface area contributed by atoms with Crippen LogP contribution in [0, 0.1) is 0 Å². The van der Waals surface area contributed by atoms with Crippen LogP contribution in [0.5, 0.6) is 0 Å². The number of fused-ring (bicyclic) bond motifs is 1. The fourth-order valence-corrected chi connectivity index (χ4v) is 6.09. The molecule has 4 rings (SSSR count). The van der Waals surface area contributed by atoms with Crippen molar-refractivity contribution in [2.45, 2.75) is 10.8 Å². The number of amides is 1. The van der Waals surface area contributed by atoms with Crippen molar-refractivity contribution in [2.75, 3.05) is 39.8 Å². The third-order valence-electron chi connectivity index (χ3n) is 5.52. The number of sulfonamides is 1. The Morgan fingerprint density at radius 2 is 1.73 bits per heavy atom. The molecule has 1 fully saturated rings. The van der Waals surface area contributed by atoms with E-state index in [-0.39, 0.29) is 16.7 Å². The molecule has 3 aromatic rings. The Balaban J connectivity index is 1.33. The van der Waals surface area contributed by atoms with Gasteiger partial charge in [0.25, 0.3) is 10.0 Å². The summed E-state index contributed by atoms with van der Waals surface area (Å²) in [6.45, 7) is 3.47. The van der Waals surface area contributed by atoms with E-state index in [1.807, 2.05) is 6.07 Å². The van der Waals surface area contributed by atoms with E-state index in [0.29, 0.717) is 13.1 Å². The summed E-state index contributed by atoms with van der Waals surface area (Å²) in [7, 11) is -2.15. The first-order valence-electron chi connectivity index (χ1n) is 9.92. The zero-order valence-corrected chi connectivity index (χ0v) is 18.5. The summed E-state index contributed by atoms with van der Waals surface area (Å²) >= 11 is 1.16. The maximum absolute atomic E-state index is 12.7. The first-order valence-corrected chi connectivity index (χ1v) is 12.2. The Kier molecular flexibility index (Phi) is 6.19. The lowest BCUT2D eigenvalue weighted by Gasteiger charge is -2.35. The van der Waals surface area contributed by atoms with Crippen molar-refractivity contribution in [3.05, 3.63) is 65.5 Å². The highest BCUT2D eigenvalue weighted by atomic mass is 32.2. The number of hydrogen-bond acceptors (Lipinski definition) is 5. The predicted molar refractivity (Wildman–Crippen MR) is 120 cm³/mol. The summed E-state index contributed by atoms with van der Waals surface area (Å²) < 4.78 is 26.5. The number of piperazine rings is 1. The highest BCUT2D eigenvalue weighted by Crippen LogP contribution is 2.21. The van der Waals surface area contributed by atoms with Gasteiger partial charge in [0.1, 0.15) is 4.21 Å². The van der Waals surface area contributed by atoms with E-state index < -0.39 is 10.0 Å². The van der Waals surface area contributed by atoms with Gasteiger partial charge in [-0.3, -0.25) is 9.69 Å². The van der Waals surface area contributed by atoms with Gasteiger partial charge in [-0.1, -0.05) is 48.5 Å². The molecule has 0 unspecified atom stereocenters. The van der Waals surface area contributed by atoms with E-state index in [2.05, 4.69) is 41.3 Å². The number of thiophene rings is 1. The third kappa shape index (κ3) is 4.41. The molecule has 158 valence electrons. The average molecular weight is 444 g/mol. The van der Waals surface area contributed by atoms with Crippen molar-refractivity contribution in [1.29, 1.82) is 0 Å². The van der Waals surface area contributed by atoms with Gasteiger partial charge in [-0.2, -0.15) is 4.31 Å². The molecule has 6 nitrogen and oxygen atoms in total. The molecule has 1 amide bonds. The standard InChI is InChI=1S/C22H25N3O3S2/c1-23(30(27,28)22-10-5-15-29-22)17-21(26)25-13-11-24(12-14-25)16-19-8-4-7-18-6-2-3-9-20(18)19/h2-10,15H,11-14,16-17H2,1H3. The van der Waals surface area contributed by atoms with Crippen molar-refractivity contribution in [1.82, 2.24) is 14.1 Å². The Bertz CT molecular complexity index is 1120. The van der Waals surface area contributed by atoms with E-state index >= 15 is 0 Å². The van der Waals surface area contributed by atoms with Crippen LogP contribution >= 0.6 is 11.3 Å². The van der Waals surface area contributed by atoms with E-state index in [4.69, 9.17) is 0 Å². The fraction of sp³-hybridized carbons (Fsp3) is 0.318. The second-order valence-electron chi connectivity index (χ2n) is 7.49. The normalized spacial score (nSPS) is 15.7. The highest BCUT2D eigenvalue weighted by molar-refractivity contribution is 7.91. The molecule has 8 heteroatoms.